The summed E-state index contributed by atoms with van der Waals surface area (Å²) in [4.78, 5) is 7.42. The molecule has 1 aliphatic carbocycles. The van der Waals surface area contributed by atoms with E-state index in [1.807, 2.05) is 36.4 Å². The minimum atomic E-state index is -0.311. The standard InChI is InChI=1S/C91H60BN3O7/c1-91(2)72-18-7-4-15-66(72)67-33-29-63(47-73(67)91)93(62-28-24-54-40-60(23-22-55(54)42-62)84-46-59-12-3-8-19-80(59)100-84)65-48-78-90-79(49-65)95(64-30-35-83-87(50-64)97-37-36-96-83)77-52-89-88(98-38-39-99-89)51-75(77)92(90)74-34-27-56(58-26-32-71-69-17-6-10-21-82(69)102-86(71)45-58)43-76(74)94(78)61-14-11-13-53(41-61)57-25-31-70-68-16-5-9-20-81(68)101-85(70)44-57/h3-35,40-52H,36-39H2,1-2H3. The number of furan rings is 3. The van der Waals surface area contributed by atoms with Gasteiger partial charge in [0, 0.05) is 89.9 Å². The first kappa shape index (κ1) is 57.1. The average Bonchev–Trinajstić information content (AvgIpc) is 0.925. The zero-order chi connectivity index (χ0) is 67.1. The number of anilines is 9. The van der Waals surface area contributed by atoms with Crippen molar-refractivity contribution >= 4 is 140 Å². The highest BCUT2D eigenvalue weighted by Gasteiger charge is 2.46. The summed E-state index contributed by atoms with van der Waals surface area (Å²) in [6.45, 7) is 6.20. The van der Waals surface area contributed by atoms with E-state index in [1.165, 1.54) is 22.3 Å². The van der Waals surface area contributed by atoms with E-state index in [0.29, 0.717) is 49.4 Å². The molecule has 4 aliphatic heterocycles. The van der Waals surface area contributed by atoms with Gasteiger partial charge in [0.2, 0.25) is 0 Å². The molecule has 0 fully saturated rings. The number of para-hydroxylation sites is 3. The smallest absolute Gasteiger partial charge is 0.252 e. The van der Waals surface area contributed by atoms with Gasteiger partial charge < -0.3 is 46.9 Å². The van der Waals surface area contributed by atoms with Gasteiger partial charge in [-0.05, 0) is 199 Å². The third-order valence-electron chi connectivity index (χ3n) is 21.9. The molecule has 0 amide bonds. The lowest BCUT2D eigenvalue weighted by atomic mass is 9.33. The number of hydrogen-bond acceptors (Lipinski definition) is 10. The molecule has 102 heavy (non-hydrogen) atoms. The van der Waals surface area contributed by atoms with E-state index >= 15 is 0 Å². The molecule has 0 unspecified atom stereocenters. The molecule has 22 rings (SSSR count). The lowest BCUT2D eigenvalue weighted by Gasteiger charge is -2.45. The van der Waals surface area contributed by atoms with Gasteiger partial charge in [-0.3, -0.25) is 0 Å². The molecule has 11 heteroatoms. The van der Waals surface area contributed by atoms with Gasteiger partial charge in [0.05, 0.1) is 11.4 Å². The minimum absolute atomic E-state index is 0.296. The van der Waals surface area contributed by atoms with Gasteiger partial charge >= 0.3 is 0 Å². The van der Waals surface area contributed by atoms with Crippen molar-refractivity contribution in [2.75, 3.05) is 41.1 Å². The van der Waals surface area contributed by atoms with Crippen LogP contribution in [0.15, 0.2) is 292 Å². The highest BCUT2D eigenvalue weighted by atomic mass is 16.6. The number of fused-ring (bicyclic) bond motifs is 17. The van der Waals surface area contributed by atoms with E-state index in [0.717, 1.165) is 167 Å². The fraction of sp³-hybridized carbons (Fsp3) is 0.0769. The van der Waals surface area contributed by atoms with Crippen LogP contribution in [0, 0.1) is 0 Å². The molecule has 7 heterocycles. The first-order valence-electron chi connectivity index (χ1n) is 35.0. The monoisotopic (exact) mass is 1320 g/mol. The fourth-order valence-corrected chi connectivity index (χ4v) is 17.1. The molecular weight excluding hydrogens is 1260 g/mol. The molecule has 0 atom stereocenters. The maximum absolute atomic E-state index is 6.63. The second-order valence-corrected chi connectivity index (χ2v) is 28.0. The van der Waals surface area contributed by atoms with Crippen molar-refractivity contribution in [3.05, 3.63) is 290 Å². The summed E-state index contributed by atoms with van der Waals surface area (Å²) in [5.74, 6) is 3.63. The van der Waals surface area contributed by atoms with Crippen molar-refractivity contribution in [1.82, 2.24) is 0 Å². The fourth-order valence-electron chi connectivity index (χ4n) is 17.1. The average molecular weight is 1320 g/mol. The van der Waals surface area contributed by atoms with E-state index in [4.69, 9.17) is 32.2 Å². The van der Waals surface area contributed by atoms with Gasteiger partial charge in [-0.25, -0.2) is 0 Å². The molecular formula is C91H60BN3O7. The molecule has 3 aromatic heterocycles. The SMILES string of the molecule is CC1(C)c2ccccc2-c2ccc(N(c3cc4c5c(c3)N(c3ccc6c(c3)OCCO6)c3cc6c(cc3B5c3ccc(-c5ccc7c(c5)oc5ccccc57)cc3N4c3cccc(-c4ccc5c(c4)oc4ccccc45)c3)OCCO6)c3ccc4cc(-c5cc6ccccc6o5)ccc4c3)cc21. The minimum Gasteiger partial charge on any atom is -0.486 e. The summed E-state index contributed by atoms with van der Waals surface area (Å²) in [5.41, 5.74) is 26.4. The Balaban J connectivity index is 0.823. The summed E-state index contributed by atoms with van der Waals surface area (Å²) in [6, 6.07) is 101. The van der Waals surface area contributed by atoms with Crippen LogP contribution in [0.1, 0.15) is 25.0 Å². The molecule has 0 saturated carbocycles. The predicted octanol–water partition coefficient (Wildman–Crippen LogP) is 21.8. The first-order valence-corrected chi connectivity index (χ1v) is 35.0. The Morgan fingerprint density at radius 3 is 1.65 bits per heavy atom. The Labute approximate surface area is 587 Å². The van der Waals surface area contributed by atoms with Crippen LogP contribution >= 0.6 is 0 Å². The Kier molecular flexibility index (Phi) is 12.1. The molecule has 10 nitrogen and oxygen atoms in total. The van der Waals surface area contributed by atoms with Crippen LogP contribution in [-0.2, 0) is 5.41 Å². The van der Waals surface area contributed by atoms with E-state index in [-0.39, 0.29) is 12.1 Å². The third kappa shape index (κ3) is 8.60. The Morgan fingerprint density at radius 1 is 0.324 bits per heavy atom. The molecule has 5 aliphatic rings. The second kappa shape index (κ2) is 21.6. The summed E-state index contributed by atoms with van der Waals surface area (Å²) < 4.78 is 45.7. The zero-order valence-electron chi connectivity index (χ0n) is 55.7. The summed E-state index contributed by atoms with van der Waals surface area (Å²) in [7, 11) is 0. The van der Waals surface area contributed by atoms with Crippen molar-refractivity contribution in [3.63, 3.8) is 0 Å². The van der Waals surface area contributed by atoms with Gasteiger partial charge in [-0.2, -0.15) is 0 Å². The summed E-state index contributed by atoms with van der Waals surface area (Å²) in [6.07, 6.45) is 0. The van der Waals surface area contributed by atoms with Gasteiger partial charge in [0.1, 0.15) is 60.1 Å². The Morgan fingerprint density at radius 2 is 0.892 bits per heavy atom. The predicted molar refractivity (Wildman–Crippen MR) is 413 cm³/mol. The van der Waals surface area contributed by atoms with Crippen LogP contribution in [0.5, 0.6) is 23.0 Å². The van der Waals surface area contributed by atoms with Crippen LogP contribution in [0.25, 0.3) is 110 Å². The molecule has 17 aromatic rings. The number of rotatable bonds is 8. The molecule has 0 bridgehead atoms. The van der Waals surface area contributed by atoms with Gasteiger partial charge in [-0.1, -0.05) is 153 Å². The van der Waals surface area contributed by atoms with Crippen molar-refractivity contribution in [1.29, 1.82) is 0 Å². The van der Waals surface area contributed by atoms with Crippen LogP contribution in [-0.4, -0.2) is 33.1 Å². The maximum Gasteiger partial charge on any atom is 0.252 e. The lowest BCUT2D eigenvalue weighted by molar-refractivity contribution is 0.171. The van der Waals surface area contributed by atoms with Gasteiger partial charge in [-0.15, -0.1) is 0 Å². The Hall–Kier alpha value is -12.9. The number of nitrogens with zero attached hydrogens (tertiary/aromatic N) is 3. The maximum atomic E-state index is 6.63. The van der Waals surface area contributed by atoms with Gasteiger partial charge in [0.25, 0.3) is 6.71 Å². The summed E-state index contributed by atoms with van der Waals surface area (Å²) in [5, 5.41) is 7.61. The van der Waals surface area contributed by atoms with E-state index < -0.39 is 0 Å². The molecule has 14 aromatic carbocycles. The summed E-state index contributed by atoms with van der Waals surface area (Å²) >= 11 is 0. The Bertz CT molecular complexity index is 6420. The molecule has 0 saturated heterocycles. The van der Waals surface area contributed by atoms with Crippen LogP contribution < -0.4 is 50.0 Å². The van der Waals surface area contributed by atoms with Crippen molar-refractivity contribution in [2.45, 2.75) is 19.3 Å². The van der Waals surface area contributed by atoms with Crippen LogP contribution in [0.3, 0.4) is 0 Å². The normalized spacial score (nSPS) is 14.4. The number of benzene rings is 14. The first-order chi connectivity index (χ1) is 50.2. The highest BCUT2D eigenvalue weighted by molar-refractivity contribution is 7.00. The topological polar surface area (TPSA) is 86.1 Å². The molecule has 0 spiro atoms. The lowest BCUT2D eigenvalue weighted by Crippen LogP contribution is -2.61. The second-order valence-electron chi connectivity index (χ2n) is 28.0. The third-order valence-corrected chi connectivity index (χ3v) is 21.9. The molecule has 0 radical (unpaired) electrons. The largest absolute Gasteiger partial charge is 0.486 e. The van der Waals surface area contributed by atoms with Crippen LogP contribution in [0.4, 0.5) is 51.2 Å². The van der Waals surface area contributed by atoms with E-state index in [2.05, 4.69) is 271 Å². The van der Waals surface area contributed by atoms with Crippen LogP contribution in [0.2, 0.25) is 0 Å². The molecule has 484 valence electrons. The molecule has 0 N–H and O–H groups in total. The number of ether oxygens (including phenoxy) is 4. The zero-order valence-corrected chi connectivity index (χ0v) is 55.7. The van der Waals surface area contributed by atoms with Gasteiger partial charge in [0.15, 0.2) is 23.0 Å². The van der Waals surface area contributed by atoms with Crippen molar-refractivity contribution in [3.8, 4) is 67.7 Å². The van der Waals surface area contributed by atoms with E-state index in [9.17, 15) is 0 Å². The highest BCUT2D eigenvalue weighted by Crippen LogP contribution is 2.55. The quantitative estimate of drug-likeness (QED) is 0.137. The van der Waals surface area contributed by atoms with Crippen molar-refractivity contribution in [2.24, 2.45) is 0 Å². The number of hydrogen-bond donors (Lipinski definition) is 0. The van der Waals surface area contributed by atoms with E-state index in [1.54, 1.807) is 0 Å². The van der Waals surface area contributed by atoms with Crippen molar-refractivity contribution < 1.29 is 32.2 Å².